The lowest BCUT2D eigenvalue weighted by molar-refractivity contribution is 0.00709. The first-order valence-corrected chi connectivity index (χ1v) is 9.08. The number of piperidine rings is 1. The highest BCUT2D eigenvalue weighted by atomic mass is 16.6. The molecule has 4 nitrogen and oxygen atoms in total. The van der Waals surface area contributed by atoms with E-state index in [2.05, 4.69) is 19.2 Å². The van der Waals surface area contributed by atoms with Crippen LogP contribution in [0.5, 0.6) is 0 Å². The molecule has 0 bridgehead atoms. The van der Waals surface area contributed by atoms with Crippen molar-refractivity contribution in [2.45, 2.75) is 97.2 Å². The van der Waals surface area contributed by atoms with Crippen molar-refractivity contribution in [2.24, 2.45) is 0 Å². The topological polar surface area (TPSA) is 41.6 Å². The molecule has 2 atom stereocenters. The number of carbonyl (C=O) groups excluding carboxylic acids is 1. The Kier molecular flexibility index (Phi) is 8.23. The minimum atomic E-state index is -0.420. The van der Waals surface area contributed by atoms with Gasteiger partial charge < -0.3 is 15.0 Å². The van der Waals surface area contributed by atoms with Crippen LogP contribution in [-0.4, -0.2) is 41.8 Å². The lowest BCUT2D eigenvalue weighted by Gasteiger charge is -2.40. The lowest BCUT2D eigenvalue weighted by atomic mass is 9.97. The molecule has 0 aromatic heterocycles. The number of unbranched alkanes of at least 4 members (excludes halogenated alkanes) is 4. The summed E-state index contributed by atoms with van der Waals surface area (Å²) >= 11 is 0. The van der Waals surface area contributed by atoms with Crippen LogP contribution in [0.1, 0.15) is 79.6 Å². The number of likely N-dealkylation sites (tertiary alicyclic amines) is 1. The minimum Gasteiger partial charge on any atom is -0.444 e. The summed E-state index contributed by atoms with van der Waals surface area (Å²) in [6, 6.07) is 0.603. The zero-order valence-corrected chi connectivity index (χ0v) is 15.3. The maximum Gasteiger partial charge on any atom is 0.410 e. The quantitative estimate of drug-likeness (QED) is 0.711. The van der Waals surface area contributed by atoms with Crippen molar-refractivity contribution in [2.75, 3.05) is 13.1 Å². The summed E-state index contributed by atoms with van der Waals surface area (Å²) in [5.74, 6) is 0. The third-order valence-electron chi connectivity index (χ3n) is 4.30. The van der Waals surface area contributed by atoms with Gasteiger partial charge in [-0.2, -0.15) is 0 Å². The minimum absolute atomic E-state index is 0.172. The molecule has 4 heteroatoms. The standard InChI is InChI=1S/C18H36N2O2/c1-6-7-8-9-10-13-19-16-12-11-14-20(15(16)2)17(21)22-18(3,4)5/h15-16,19H,6-14H2,1-5H3. The van der Waals surface area contributed by atoms with E-state index in [0.717, 1.165) is 25.9 Å². The maximum atomic E-state index is 12.3. The fraction of sp³-hybridized carbons (Fsp3) is 0.944. The van der Waals surface area contributed by atoms with Gasteiger partial charge >= 0.3 is 6.09 Å². The molecule has 1 aliphatic rings. The molecular formula is C18H36N2O2. The zero-order valence-electron chi connectivity index (χ0n) is 15.3. The van der Waals surface area contributed by atoms with Gasteiger partial charge in [0.05, 0.1) is 0 Å². The van der Waals surface area contributed by atoms with Gasteiger partial charge in [0, 0.05) is 18.6 Å². The molecule has 1 heterocycles. The van der Waals surface area contributed by atoms with Crippen molar-refractivity contribution in [3.63, 3.8) is 0 Å². The second kappa shape index (κ2) is 9.39. The molecule has 0 radical (unpaired) electrons. The van der Waals surface area contributed by atoms with Crippen LogP contribution in [0.15, 0.2) is 0 Å². The van der Waals surface area contributed by atoms with Crippen LogP contribution in [0.25, 0.3) is 0 Å². The van der Waals surface area contributed by atoms with Crippen molar-refractivity contribution in [3.05, 3.63) is 0 Å². The molecule has 130 valence electrons. The third-order valence-corrected chi connectivity index (χ3v) is 4.30. The Balaban J connectivity index is 2.35. The summed E-state index contributed by atoms with van der Waals surface area (Å²) in [5.41, 5.74) is -0.420. The number of nitrogens with zero attached hydrogens (tertiary/aromatic N) is 1. The second-order valence-electron chi connectivity index (χ2n) is 7.53. The third kappa shape index (κ3) is 6.99. The van der Waals surface area contributed by atoms with E-state index in [-0.39, 0.29) is 12.1 Å². The molecule has 1 rings (SSSR count). The summed E-state index contributed by atoms with van der Waals surface area (Å²) in [7, 11) is 0. The van der Waals surface area contributed by atoms with Crippen LogP contribution in [0.4, 0.5) is 4.79 Å². The van der Waals surface area contributed by atoms with Crippen LogP contribution in [0, 0.1) is 0 Å². The number of carbonyl (C=O) groups is 1. The molecule has 0 saturated carbocycles. The predicted octanol–water partition coefficient (Wildman–Crippen LogP) is 4.33. The van der Waals surface area contributed by atoms with Gasteiger partial charge in [-0.05, 0) is 53.5 Å². The van der Waals surface area contributed by atoms with Crippen LogP contribution >= 0.6 is 0 Å². The molecule has 0 aliphatic carbocycles. The van der Waals surface area contributed by atoms with Crippen molar-refractivity contribution in [1.82, 2.24) is 10.2 Å². The molecule has 1 saturated heterocycles. The zero-order chi connectivity index (χ0) is 16.6. The van der Waals surface area contributed by atoms with Crippen LogP contribution < -0.4 is 5.32 Å². The number of hydrogen-bond acceptors (Lipinski definition) is 3. The number of rotatable bonds is 7. The van der Waals surface area contributed by atoms with Crippen molar-refractivity contribution in [3.8, 4) is 0 Å². The van der Waals surface area contributed by atoms with Gasteiger partial charge in [-0.15, -0.1) is 0 Å². The van der Waals surface area contributed by atoms with Crippen molar-refractivity contribution < 1.29 is 9.53 Å². The van der Waals surface area contributed by atoms with Gasteiger partial charge in [0.15, 0.2) is 0 Å². The van der Waals surface area contributed by atoms with Gasteiger partial charge in [0.1, 0.15) is 5.60 Å². The molecule has 0 spiro atoms. The smallest absolute Gasteiger partial charge is 0.410 e. The fourth-order valence-corrected chi connectivity index (χ4v) is 3.01. The Labute approximate surface area is 137 Å². The Morgan fingerprint density at radius 1 is 1.23 bits per heavy atom. The highest BCUT2D eigenvalue weighted by Crippen LogP contribution is 2.20. The first-order chi connectivity index (χ1) is 10.3. The molecule has 1 fully saturated rings. The largest absolute Gasteiger partial charge is 0.444 e. The summed E-state index contributed by atoms with van der Waals surface area (Å²) in [6.45, 7) is 12.0. The molecular weight excluding hydrogens is 276 g/mol. The first-order valence-electron chi connectivity index (χ1n) is 9.08. The SMILES string of the molecule is CCCCCCCNC1CCCN(C(=O)OC(C)(C)C)C1C. The lowest BCUT2D eigenvalue weighted by Crippen LogP contribution is -2.55. The summed E-state index contributed by atoms with van der Waals surface area (Å²) in [4.78, 5) is 14.2. The Bertz CT molecular complexity index is 326. The average molecular weight is 312 g/mol. The highest BCUT2D eigenvalue weighted by Gasteiger charge is 2.33. The van der Waals surface area contributed by atoms with E-state index in [0.29, 0.717) is 6.04 Å². The molecule has 1 amide bonds. The van der Waals surface area contributed by atoms with Crippen LogP contribution in [0.2, 0.25) is 0 Å². The normalized spacial score (nSPS) is 22.7. The van der Waals surface area contributed by atoms with Crippen molar-refractivity contribution in [1.29, 1.82) is 0 Å². The van der Waals surface area contributed by atoms with Gasteiger partial charge in [0.25, 0.3) is 0 Å². The van der Waals surface area contributed by atoms with E-state index in [4.69, 9.17) is 4.74 Å². The predicted molar refractivity (Wildman–Crippen MR) is 92.2 cm³/mol. The highest BCUT2D eigenvalue weighted by molar-refractivity contribution is 5.68. The summed E-state index contributed by atoms with van der Waals surface area (Å²) in [5, 5.41) is 3.65. The van der Waals surface area contributed by atoms with E-state index in [1.807, 2.05) is 25.7 Å². The number of hydrogen-bond donors (Lipinski definition) is 1. The molecule has 1 aliphatic heterocycles. The molecule has 2 unspecified atom stereocenters. The van der Waals surface area contributed by atoms with Gasteiger partial charge in [-0.1, -0.05) is 32.6 Å². The van der Waals surface area contributed by atoms with Gasteiger partial charge in [-0.25, -0.2) is 4.79 Å². The van der Waals surface area contributed by atoms with Crippen LogP contribution in [-0.2, 0) is 4.74 Å². The number of amides is 1. The van der Waals surface area contributed by atoms with E-state index >= 15 is 0 Å². The van der Waals surface area contributed by atoms with E-state index in [1.54, 1.807) is 0 Å². The second-order valence-corrected chi connectivity index (χ2v) is 7.53. The summed E-state index contributed by atoms with van der Waals surface area (Å²) < 4.78 is 5.53. The Hall–Kier alpha value is -0.770. The monoisotopic (exact) mass is 312 g/mol. The molecule has 0 aromatic carbocycles. The number of ether oxygens (including phenoxy) is 1. The number of nitrogens with one attached hydrogen (secondary N) is 1. The van der Waals surface area contributed by atoms with Crippen LogP contribution in [0.3, 0.4) is 0 Å². The van der Waals surface area contributed by atoms with E-state index in [9.17, 15) is 4.79 Å². The Morgan fingerprint density at radius 2 is 1.91 bits per heavy atom. The van der Waals surface area contributed by atoms with E-state index in [1.165, 1.54) is 32.1 Å². The Morgan fingerprint density at radius 3 is 2.55 bits per heavy atom. The average Bonchev–Trinajstić information content (AvgIpc) is 2.42. The first kappa shape index (κ1) is 19.3. The van der Waals surface area contributed by atoms with E-state index < -0.39 is 5.60 Å². The van der Waals surface area contributed by atoms with Gasteiger partial charge in [0.2, 0.25) is 0 Å². The fourth-order valence-electron chi connectivity index (χ4n) is 3.01. The maximum absolute atomic E-state index is 12.3. The summed E-state index contributed by atoms with van der Waals surface area (Å²) in [6.07, 6.45) is 8.53. The van der Waals surface area contributed by atoms with Crippen molar-refractivity contribution >= 4 is 6.09 Å². The van der Waals surface area contributed by atoms with Gasteiger partial charge in [-0.3, -0.25) is 0 Å². The molecule has 0 aromatic rings. The molecule has 1 N–H and O–H groups in total. The molecule has 22 heavy (non-hydrogen) atoms.